The number of nitrogens with one attached hydrogen (secondary N) is 1. The first-order chi connectivity index (χ1) is 10.7. The van der Waals surface area contributed by atoms with Gasteiger partial charge in [0, 0.05) is 26.3 Å². The Morgan fingerprint density at radius 1 is 1.35 bits per heavy atom. The van der Waals surface area contributed by atoms with Crippen LogP contribution in [-0.2, 0) is 4.74 Å². The van der Waals surface area contributed by atoms with Crippen molar-refractivity contribution in [3.8, 4) is 0 Å². The van der Waals surface area contributed by atoms with Gasteiger partial charge in [0.2, 0.25) is 5.28 Å². The van der Waals surface area contributed by atoms with E-state index in [1.54, 1.807) is 18.1 Å². The molecule has 0 aliphatic carbocycles. The number of carbonyl (C=O) groups excluding carboxylic acids is 1. The molecule has 6 nitrogen and oxygen atoms in total. The lowest BCUT2D eigenvalue weighted by Crippen LogP contribution is -2.39. The van der Waals surface area contributed by atoms with Crippen molar-refractivity contribution in [2.45, 2.75) is 45.6 Å². The Balaban J connectivity index is 0.000000238. The van der Waals surface area contributed by atoms with Crippen LogP contribution in [0.1, 0.15) is 40.0 Å². The summed E-state index contributed by atoms with van der Waals surface area (Å²) in [4.78, 5) is 21.0. The van der Waals surface area contributed by atoms with Gasteiger partial charge in [0.15, 0.2) is 0 Å². The van der Waals surface area contributed by atoms with Gasteiger partial charge in [-0.15, -0.1) is 0 Å². The SMILES string of the molecule is CC(C)(C)OC(=O)N1CCCCC1.CNc1nc(Cl)ncc1Br. The number of nitrogens with zero attached hydrogens (tertiary/aromatic N) is 3. The lowest BCUT2D eigenvalue weighted by atomic mass is 10.1. The lowest BCUT2D eigenvalue weighted by molar-refractivity contribution is 0.0216. The van der Waals surface area contributed by atoms with Crippen LogP contribution in [0, 0.1) is 0 Å². The minimum Gasteiger partial charge on any atom is -0.444 e. The minimum absolute atomic E-state index is 0.160. The first-order valence-electron chi connectivity index (χ1n) is 7.56. The van der Waals surface area contributed by atoms with Crippen molar-refractivity contribution >= 4 is 39.4 Å². The van der Waals surface area contributed by atoms with Gasteiger partial charge >= 0.3 is 6.09 Å². The zero-order valence-corrected chi connectivity index (χ0v) is 16.4. The van der Waals surface area contributed by atoms with E-state index < -0.39 is 0 Å². The number of hydrogen-bond donors (Lipinski definition) is 1. The highest BCUT2D eigenvalue weighted by Gasteiger charge is 2.22. The molecular weight excluding hydrogens is 384 g/mol. The second kappa shape index (κ2) is 9.27. The zero-order chi connectivity index (χ0) is 17.5. The highest BCUT2D eigenvalue weighted by Crippen LogP contribution is 2.18. The fourth-order valence-electron chi connectivity index (χ4n) is 1.92. The Labute approximate surface area is 151 Å². The average Bonchev–Trinajstić information content (AvgIpc) is 2.49. The third-order valence-corrected chi connectivity index (χ3v) is 3.72. The van der Waals surface area contributed by atoms with Crippen molar-refractivity contribution in [3.05, 3.63) is 16.0 Å². The second-order valence-corrected chi connectivity index (χ2v) is 7.31. The van der Waals surface area contributed by atoms with Crippen LogP contribution in [0.5, 0.6) is 0 Å². The zero-order valence-electron chi connectivity index (χ0n) is 14.0. The second-order valence-electron chi connectivity index (χ2n) is 6.11. The molecule has 0 radical (unpaired) electrons. The third-order valence-electron chi connectivity index (χ3n) is 2.96. The Morgan fingerprint density at radius 2 is 1.96 bits per heavy atom. The number of amides is 1. The summed E-state index contributed by atoms with van der Waals surface area (Å²) in [6.45, 7) is 7.41. The van der Waals surface area contributed by atoms with Crippen LogP contribution in [0.4, 0.5) is 10.6 Å². The predicted molar refractivity (Wildman–Crippen MR) is 95.9 cm³/mol. The monoisotopic (exact) mass is 406 g/mol. The van der Waals surface area contributed by atoms with Gasteiger partial charge in [-0.1, -0.05) is 0 Å². The van der Waals surface area contributed by atoms with Crippen LogP contribution >= 0.6 is 27.5 Å². The number of aromatic nitrogens is 2. The summed E-state index contributed by atoms with van der Waals surface area (Å²) in [5, 5.41) is 3.10. The van der Waals surface area contributed by atoms with Crippen molar-refractivity contribution in [2.75, 3.05) is 25.5 Å². The molecule has 1 aromatic heterocycles. The smallest absolute Gasteiger partial charge is 0.410 e. The Hall–Kier alpha value is -1.08. The Morgan fingerprint density at radius 3 is 2.43 bits per heavy atom. The summed E-state index contributed by atoms with van der Waals surface area (Å²) in [6.07, 6.45) is 4.89. The number of likely N-dealkylation sites (tertiary alicyclic amines) is 1. The van der Waals surface area contributed by atoms with Crippen LogP contribution in [0.3, 0.4) is 0 Å². The van der Waals surface area contributed by atoms with E-state index in [-0.39, 0.29) is 17.0 Å². The van der Waals surface area contributed by atoms with E-state index >= 15 is 0 Å². The molecule has 2 rings (SSSR count). The van der Waals surface area contributed by atoms with Gasteiger partial charge in [0.05, 0.1) is 4.47 Å². The van der Waals surface area contributed by atoms with Crippen LogP contribution in [0.25, 0.3) is 0 Å². The number of ether oxygens (including phenoxy) is 1. The molecule has 1 aliphatic heterocycles. The maximum Gasteiger partial charge on any atom is 0.410 e. The average molecular weight is 408 g/mol. The molecule has 2 heterocycles. The van der Waals surface area contributed by atoms with E-state index in [1.165, 1.54) is 6.42 Å². The molecule has 0 saturated carbocycles. The molecule has 0 spiro atoms. The summed E-state index contributed by atoms with van der Waals surface area (Å²) in [7, 11) is 1.77. The molecule has 1 aliphatic rings. The summed E-state index contributed by atoms with van der Waals surface area (Å²) in [5.74, 6) is 0.694. The van der Waals surface area contributed by atoms with Crippen molar-refractivity contribution in [2.24, 2.45) is 0 Å². The highest BCUT2D eigenvalue weighted by molar-refractivity contribution is 9.10. The first kappa shape index (κ1) is 20.0. The van der Waals surface area contributed by atoms with E-state index in [4.69, 9.17) is 16.3 Å². The van der Waals surface area contributed by atoms with Gasteiger partial charge in [-0.05, 0) is 67.6 Å². The van der Waals surface area contributed by atoms with E-state index in [1.807, 2.05) is 20.8 Å². The lowest BCUT2D eigenvalue weighted by Gasteiger charge is -2.29. The molecule has 8 heteroatoms. The maximum absolute atomic E-state index is 11.5. The molecule has 1 amide bonds. The maximum atomic E-state index is 11.5. The molecule has 0 aromatic carbocycles. The Kier molecular flexibility index (Phi) is 8.05. The molecule has 0 unspecified atom stereocenters. The summed E-state index contributed by atoms with van der Waals surface area (Å²) >= 11 is 8.76. The van der Waals surface area contributed by atoms with Gasteiger partial charge in [-0.2, -0.15) is 4.98 Å². The van der Waals surface area contributed by atoms with Gasteiger partial charge in [-0.25, -0.2) is 9.78 Å². The number of carbonyl (C=O) groups is 1. The topological polar surface area (TPSA) is 67.3 Å². The molecule has 130 valence electrons. The number of rotatable bonds is 1. The van der Waals surface area contributed by atoms with Crippen molar-refractivity contribution < 1.29 is 9.53 Å². The van der Waals surface area contributed by atoms with Crippen LogP contribution in [-0.4, -0.2) is 46.7 Å². The molecule has 1 fully saturated rings. The largest absolute Gasteiger partial charge is 0.444 e. The fraction of sp³-hybridized carbons (Fsp3) is 0.667. The van der Waals surface area contributed by atoms with E-state index in [0.717, 1.165) is 30.4 Å². The van der Waals surface area contributed by atoms with Gasteiger partial charge < -0.3 is 15.0 Å². The summed E-state index contributed by atoms with van der Waals surface area (Å²) < 4.78 is 6.07. The van der Waals surface area contributed by atoms with Crippen LogP contribution in [0.2, 0.25) is 5.28 Å². The van der Waals surface area contributed by atoms with E-state index in [9.17, 15) is 4.79 Å². The summed E-state index contributed by atoms with van der Waals surface area (Å²) in [6, 6.07) is 0. The number of halogens is 2. The van der Waals surface area contributed by atoms with Crippen LogP contribution < -0.4 is 5.32 Å². The highest BCUT2D eigenvalue weighted by atomic mass is 79.9. The van der Waals surface area contributed by atoms with Gasteiger partial charge in [0.25, 0.3) is 0 Å². The van der Waals surface area contributed by atoms with Gasteiger partial charge in [-0.3, -0.25) is 0 Å². The number of anilines is 1. The molecule has 1 saturated heterocycles. The number of hydrogen-bond acceptors (Lipinski definition) is 5. The molecule has 0 atom stereocenters. The fourth-order valence-corrected chi connectivity index (χ4v) is 2.45. The predicted octanol–water partition coefficient (Wildman–Crippen LogP) is 4.34. The van der Waals surface area contributed by atoms with Crippen molar-refractivity contribution in [1.29, 1.82) is 0 Å². The third kappa shape index (κ3) is 7.83. The molecule has 1 aromatic rings. The van der Waals surface area contributed by atoms with Crippen molar-refractivity contribution in [3.63, 3.8) is 0 Å². The number of piperidine rings is 1. The standard InChI is InChI=1S/C10H19NO2.C5H5BrClN3/c1-10(2,3)13-9(12)11-7-5-4-6-8-11;1-8-4-3(6)2-9-5(7)10-4/h4-8H2,1-3H3;2H,1H3,(H,8,9,10). The Bertz CT molecular complexity index is 517. The first-order valence-corrected chi connectivity index (χ1v) is 8.74. The van der Waals surface area contributed by atoms with E-state index in [2.05, 4.69) is 31.2 Å². The molecule has 1 N–H and O–H groups in total. The molecule has 0 bridgehead atoms. The molecular formula is C15H24BrClN4O2. The quantitative estimate of drug-likeness (QED) is 0.701. The molecule has 23 heavy (non-hydrogen) atoms. The van der Waals surface area contributed by atoms with Crippen molar-refractivity contribution in [1.82, 2.24) is 14.9 Å². The normalized spacial score (nSPS) is 14.6. The van der Waals surface area contributed by atoms with E-state index in [0.29, 0.717) is 5.82 Å². The summed E-state index contributed by atoms with van der Waals surface area (Å²) in [5.41, 5.74) is -0.367. The van der Waals surface area contributed by atoms with Gasteiger partial charge in [0.1, 0.15) is 11.4 Å². The minimum atomic E-state index is -0.367. The van der Waals surface area contributed by atoms with Crippen LogP contribution in [0.15, 0.2) is 10.7 Å².